The highest BCUT2D eigenvalue weighted by Gasteiger charge is 2.34. The Morgan fingerprint density at radius 3 is 2.58 bits per heavy atom. The van der Waals surface area contributed by atoms with Crippen molar-refractivity contribution in [2.24, 2.45) is 0 Å². The number of nitro benzene ring substituents is 1. The van der Waals surface area contributed by atoms with E-state index in [-0.39, 0.29) is 44.7 Å². The summed E-state index contributed by atoms with van der Waals surface area (Å²) in [4.78, 5) is 26.4. The van der Waals surface area contributed by atoms with Crippen LogP contribution in [0.3, 0.4) is 0 Å². The molecule has 1 fully saturated rings. The van der Waals surface area contributed by atoms with Gasteiger partial charge >= 0.3 is 5.69 Å². The lowest BCUT2D eigenvalue weighted by Crippen LogP contribution is -2.28. The highest BCUT2D eigenvalue weighted by molar-refractivity contribution is 6.34. The first kappa shape index (κ1) is 23.5. The summed E-state index contributed by atoms with van der Waals surface area (Å²) in [6.07, 6.45) is 1.68. The predicted molar refractivity (Wildman–Crippen MR) is 131 cm³/mol. The van der Waals surface area contributed by atoms with Gasteiger partial charge in [-0.15, -0.1) is 0 Å². The molecule has 0 unspecified atom stereocenters. The molecule has 0 bridgehead atoms. The van der Waals surface area contributed by atoms with Gasteiger partial charge in [-0.05, 0) is 65.0 Å². The fourth-order valence-electron chi connectivity index (χ4n) is 4.17. The van der Waals surface area contributed by atoms with Crippen molar-refractivity contribution in [3.05, 3.63) is 74.5 Å². The van der Waals surface area contributed by atoms with Crippen molar-refractivity contribution in [2.75, 3.05) is 24.4 Å². The molecule has 1 aromatic heterocycles. The molecule has 1 N–H and O–H groups in total. The SMILES string of the molecule is CNc1cc(OC)c(C(=O)N(c2ccc(F)cc2C2CC2)c2ccc([N+](=O)[O-])c3nonc23)cc1Cl. The second-order valence-electron chi connectivity index (χ2n) is 8.22. The van der Waals surface area contributed by atoms with E-state index in [1.807, 2.05) is 0 Å². The third-order valence-corrected chi connectivity index (χ3v) is 6.36. The zero-order valence-electron chi connectivity index (χ0n) is 19.1. The number of halogens is 2. The molecule has 3 aromatic carbocycles. The minimum atomic E-state index is -0.616. The number of nitro groups is 1. The summed E-state index contributed by atoms with van der Waals surface area (Å²) in [5.74, 6) is -0.704. The van der Waals surface area contributed by atoms with Crippen molar-refractivity contribution in [3.63, 3.8) is 0 Å². The quantitative estimate of drug-likeness (QED) is 0.243. The van der Waals surface area contributed by atoms with Crippen LogP contribution in [0.25, 0.3) is 11.0 Å². The Hall–Kier alpha value is -4.25. The number of amides is 1. The summed E-state index contributed by atoms with van der Waals surface area (Å²) >= 11 is 6.39. The van der Waals surface area contributed by atoms with E-state index in [4.69, 9.17) is 21.0 Å². The number of benzene rings is 3. The molecular formula is C24H19ClFN5O5. The molecule has 0 radical (unpaired) electrons. The molecule has 1 heterocycles. The van der Waals surface area contributed by atoms with Gasteiger partial charge in [-0.1, -0.05) is 11.6 Å². The van der Waals surface area contributed by atoms with Crippen LogP contribution >= 0.6 is 11.6 Å². The number of nitrogens with one attached hydrogen (secondary N) is 1. The van der Waals surface area contributed by atoms with Gasteiger partial charge in [0.1, 0.15) is 11.6 Å². The zero-order chi connectivity index (χ0) is 25.6. The Morgan fingerprint density at radius 2 is 1.92 bits per heavy atom. The lowest BCUT2D eigenvalue weighted by Gasteiger charge is -2.26. The molecule has 10 nitrogen and oxygen atoms in total. The van der Waals surface area contributed by atoms with Crippen LogP contribution in [-0.4, -0.2) is 35.3 Å². The molecule has 1 aliphatic rings. The second kappa shape index (κ2) is 9.08. The Labute approximate surface area is 208 Å². The minimum absolute atomic E-state index is 0.000491. The van der Waals surface area contributed by atoms with E-state index in [2.05, 4.69) is 15.6 Å². The monoisotopic (exact) mass is 511 g/mol. The van der Waals surface area contributed by atoms with Gasteiger partial charge < -0.3 is 10.1 Å². The van der Waals surface area contributed by atoms with Crippen LogP contribution in [0.1, 0.15) is 34.7 Å². The maximum atomic E-state index is 14.3. The number of aromatic nitrogens is 2. The molecule has 5 rings (SSSR count). The van der Waals surface area contributed by atoms with Crippen molar-refractivity contribution >= 4 is 51.3 Å². The number of fused-ring (bicyclic) bond motifs is 1. The summed E-state index contributed by atoms with van der Waals surface area (Å²) < 4.78 is 24.6. The number of carbonyl (C=O) groups is 1. The van der Waals surface area contributed by atoms with Crippen molar-refractivity contribution in [1.29, 1.82) is 0 Å². The van der Waals surface area contributed by atoms with E-state index in [0.717, 1.165) is 12.8 Å². The molecule has 184 valence electrons. The average molecular weight is 512 g/mol. The molecule has 12 heteroatoms. The first-order valence-electron chi connectivity index (χ1n) is 10.9. The van der Waals surface area contributed by atoms with E-state index >= 15 is 0 Å². The van der Waals surface area contributed by atoms with E-state index in [9.17, 15) is 19.3 Å². The van der Waals surface area contributed by atoms with Crippen molar-refractivity contribution < 1.29 is 23.5 Å². The van der Waals surface area contributed by atoms with Gasteiger partial charge in [0.2, 0.25) is 5.52 Å². The molecule has 0 spiro atoms. The van der Waals surface area contributed by atoms with Gasteiger partial charge in [-0.25, -0.2) is 9.02 Å². The van der Waals surface area contributed by atoms with E-state index in [1.165, 1.54) is 48.4 Å². The number of hydrogen-bond donors (Lipinski definition) is 1. The third-order valence-electron chi connectivity index (χ3n) is 6.05. The average Bonchev–Trinajstić information content (AvgIpc) is 3.60. The normalized spacial score (nSPS) is 13.0. The molecule has 1 amide bonds. The molecular weight excluding hydrogens is 493 g/mol. The van der Waals surface area contributed by atoms with Crippen LogP contribution in [0, 0.1) is 15.9 Å². The molecule has 4 aromatic rings. The molecule has 0 atom stereocenters. The number of nitrogens with zero attached hydrogens (tertiary/aromatic N) is 4. The largest absolute Gasteiger partial charge is 0.496 e. The Morgan fingerprint density at radius 1 is 1.19 bits per heavy atom. The standard InChI is InChI=1S/C24H19ClFN5O5/c1-27-17-11-21(35-2)15(10-16(17)25)24(32)30(18-6-5-13(26)9-14(18)12-3-4-12)19-7-8-20(31(33)34)23-22(19)28-36-29-23/h5-12,27H,3-4H2,1-2H3. The Balaban J connectivity index is 1.78. The summed E-state index contributed by atoms with van der Waals surface area (Å²) in [6, 6.07) is 9.80. The van der Waals surface area contributed by atoms with E-state index < -0.39 is 16.6 Å². The maximum absolute atomic E-state index is 14.3. The summed E-state index contributed by atoms with van der Waals surface area (Å²) in [5.41, 5.74) is 1.42. The van der Waals surface area contributed by atoms with Gasteiger partial charge in [-0.2, -0.15) is 0 Å². The zero-order valence-corrected chi connectivity index (χ0v) is 19.9. The highest BCUT2D eigenvalue weighted by atomic mass is 35.5. The number of ether oxygens (including phenoxy) is 1. The lowest BCUT2D eigenvalue weighted by atomic mass is 10.0. The molecule has 0 aliphatic heterocycles. The Kier molecular flexibility index (Phi) is 5.92. The second-order valence-corrected chi connectivity index (χ2v) is 8.63. The van der Waals surface area contributed by atoms with E-state index in [0.29, 0.717) is 16.9 Å². The third kappa shape index (κ3) is 3.97. The fourth-order valence-corrected chi connectivity index (χ4v) is 4.43. The molecule has 1 aliphatic carbocycles. The van der Waals surface area contributed by atoms with Crippen LogP contribution in [-0.2, 0) is 0 Å². The lowest BCUT2D eigenvalue weighted by molar-refractivity contribution is -0.383. The van der Waals surface area contributed by atoms with Crippen molar-refractivity contribution in [1.82, 2.24) is 10.3 Å². The maximum Gasteiger partial charge on any atom is 0.300 e. The van der Waals surface area contributed by atoms with Crippen LogP contribution in [0.5, 0.6) is 5.75 Å². The van der Waals surface area contributed by atoms with Gasteiger partial charge in [0.15, 0.2) is 5.52 Å². The van der Waals surface area contributed by atoms with Gasteiger partial charge in [0.25, 0.3) is 5.91 Å². The molecule has 36 heavy (non-hydrogen) atoms. The minimum Gasteiger partial charge on any atom is -0.496 e. The number of rotatable bonds is 7. The summed E-state index contributed by atoms with van der Waals surface area (Å²) in [7, 11) is 3.10. The smallest absolute Gasteiger partial charge is 0.300 e. The van der Waals surface area contributed by atoms with Crippen LogP contribution in [0.4, 0.5) is 27.1 Å². The van der Waals surface area contributed by atoms with Crippen LogP contribution < -0.4 is 15.0 Å². The van der Waals surface area contributed by atoms with Gasteiger partial charge in [0, 0.05) is 19.2 Å². The number of anilines is 3. The number of carbonyl (C=O) groups excluding carboxylic acids is 1. The van der Waals surface area contributed by atoms with Crippen molar-refractivity contribution in [3.8, 4) is 5.75 Å². The fraction of sp³-hybridized carbons (Fsp3) is 0.208. The van der Waals surface area contributed by atoms with Crippen LogP contribution in [0.15, 0.2) is 47.1 Å². The number of hydrogen-bond acceptors (Lipinski definition) is 8. The summed E-state index contributed by atoms with van der Waals surface area (Å²) in [5, 5.41) is 22.3. The first-order chi connectivity index (χ1) is 17.3. The molecule has 1 saturated carbocycles. The summed E-state index contributed by atoms with van der Waals surface area (Å²) in [6.45, 7) is 0. The predicted octanol–water partition coefficient (Wildman–Crippen LogP) is 5.83. The highest BCUT2D eigenvalue weighted by Crippen LogP contribution is 2.47. The van der Waals surface area contributed by atoms with Crippen molar-refractivity contribution in [2.45, 2.75) is 18.8 Å². The van der Waals surface area contributed by atoms with Gasteiger partial charge in [-0.3, -0.25) is 19.8 Å². The first-order valence-corrected chi connectivity index (χ1v) is 11.3. The molecule has 0 saturated heterocycles. The van der Waals surface area contributed by atoms with Crippen LogP contribution in [0.2, 0.25) is 5.02 Å². The van der Waals surface area contributed by atoms with E-state index in [1.54, 1.807) is 13.1 Å². The number of non-ortho nitro benzene ring substituents is 1. The number of methoxy groups -OCH3 is 1. The van der Waals surface area contributed by atoms with Gasteiger partial charge in [0.05, 0.1) is 39.7 Å². The topological polar surface area (TPSA) is 124 Å². The Bertz CT molecular complexity index is 1520.